The summed E-state index contributed by atoms with van der Waals surface area (Å²) in [6.07, 6.45) is 3.15. The second-order valence-corrected chi connectivity index (χ2v) is 18.6. The van der Waals surface area contributed by atoms with Gasteiger partial charge in [-0.2, -0.15) is 20.2 Å². The van der Waals surface area contributed by atoms with Crippen LogP contribution in [-0.4, -0.2) is 124 Å². The van der Waals surface area contributed by atoms with Gasteiger partial charge in [-0.05, 0) is 69.3 Å². The molecule has 24 heteroatoms. The fraction of sp³-hybridized carbons (Fsp3) is 0.625. The summed E-state index contributed by atoms with van der Waals surface area (Å²) < 4.78 is 31.6. The lowest BCUT2D eigenvalue weighted by Gasteiger charge is -2.19. The van der Waals surface area contributed by atoms with Gasteiger partial charge < -0.3 is 37.1 Å². The third kappa shape index (κ3) is 14.1. The number of thioether (sulfide) groups is 1. The molecular formula is C32H47N9O11S4. The van der Waals surface area contributed by atoms with E-state index in [0.717, 1.165) is 25.0 Å². The van der Waals surface area contributed by atoms with Crippen LogP contribution in [0, 0.1) is 0 Å². The molecule has 310 valence electrons. The van der Waals surface area contributed by atoms with Crippen LogP contribution in [0.4, 0.5) is 10.5 Å². The quantitative estimate of drug-likeness (QED) is 0.00825. The van der Waals surface area contributed by atoms with Crippen LogP contribution < -0.4 is 32.4 Å². The molecule has 4 rings (SSSR count). The monoisotopic (exact) mass is 861 g/mol. The lowest BCUT2D eigenvalue weighted by Crippen LogP contribution is -2.47. The smallest absolute Gasteiger partial charge is 0.334 e. The molecule has 3 fully saturated rings. The number of aliphatic hydroxyl groups excluding tert-OH is 1. The van der Waals surface area contributed by atoms with Crippen LogP contribution in [0.15, 0.2) is 34.6 Å². The van der Waals surface area contributed by atoms with Crippen LogP contribution in [0.2, 0.25) is 0 Å². The van der Waals surface area contributed by atoms with Gasteiger partial charge >= 0.3 is 12.0 Å². The topological polar surface area (TPSA) is 300 Å². The number of carbonyl (C=O) groups excluding carboxylic acids is 6. The van der Waals surface area contributed by atoms with Crippen molar-refractivity contribution in [3.63, 3.8) is 0 Å². The van der Waals surface area contributed by atoms with Crippen molar-refractivity contribution in [1.29, 1.82) is 0 Å². The largest absolute Gasteiger partial charge is 0.379 e. The summed E-state index contributed by atoms with van der Waals surface area (Å²) in [5.41, 5.74) is 0.759. The number of hydrogen-bond donors (Lipinski definition) is 8. The molecule has 3 saturated heterocycles. The Morgan fingerprint density at radius 2 is 1.77 bits per heavy atom. The molecule has 9 N–H and O–H groups in total. The van der Waals surface area contributed by atoms with E-state index in [4.69, 9.17) is 15.2 Å². The van der Waals surface area contributed by atoms with Crippen molar-refractivity contribution in [2.24, 2.45) is 16.2 Å². The minimum atomic E-state index is -4.83. The minimum absolute atomic E-state index is 0.0530. The number of hydroxylamine groups is 2. The van der Waals surface area contributed by atoms with Crippen molar-refractivity contribution in [3.05, 3.63) is 29.8 Å². The van der Waals surface area contributed by atoms with Crippen molar-refractivity contribution in [2.45, 2.75) is 92.6 Å². The number of amides is 6. The first-order valence-electron chi connectivity index (χ1n) is 17.9. The Morgan fingerprint density at radius 1 is 1.04 bits per heavy atom. The highest BCUT2D eigenvalue weighted by Crippen LogP contribution is 2.33. The number of imide groups is 1. The van der Waals surface area contributed by atoms with E-state index < -0.39 is 63.7 Å². The number of nitrogens with one attached hydrogen (secondary N) is 5. The molecule has 0 saturated carbocycles. The van der Waals surface area contributed by atoms with Crippen LogP contribution in [0.3, 0.4) is 0 Å². The van der Waals surface area contributed by atoms with E-state index in [9.17, 15) is 42.3 Å². The highest BCUT2D eigenvalue weighted by molar-refractivity contribution is 8.76. The average molecular weight is 862 g/mol. The summed E-state index contributed by atoms with van der Waals surface area (Å²) in [4.78, 5) is 78.5. The summed E-state index contributed by atoms with van der Waals surface area (Å²) in [6.45, 7) is 0.748. The van der Waals surface area contributed by atoms with E-state index in [2.05, 4.69) is 36.9 Å². The highest BCUT2D eigenvalue weighted by Gasteiger charge is 2.48. The van der Waals surface area contributed by atoms with Gasteiger partial charge in [0.15, 0.2) is 5.25 Å². The van der Waals surface area contributed by atoms with Crippen molar-refractivity contribution in [3.8, 4) is 0 Å². The number of benzene rings is 1. The number of nitrogens with zero attached hydrogens (tertiary/aromatic N) is 3. The van der Waals surface area contributed by atoms with Gasteiger partial charge in [0, 0.05) is 34.6 Å². The maximum Gasteiger partial charge on any atom is 0.334 e. The van der Waals surface area contributed by atoms with Gasteiger partial charge in [0.2, 0.25) is 5.91 Å². The average Bonchev–Trinajstić information content (AvgIpc) is 3.80. The van der Waals surface area contributed by atoms with E-state index in [-0.39, 0.29) is 41.9 Å². The fourth-order valence-corrected chi connectivity index (χ4v) is 10.2. The number of carbonyl (C=O) groups is 6. The van der Waals surface area contributed by atoms with E-state index in [1.807, 2.05) is 11.8 Å². The van der Waals surface area contributed by atoms with Gasteiger partial charge in [0.1, 0.15) is 12.3 Å². The standard InChI is InChI=1S/C32H47N9O11S4/c33-40-39-20-10-8-19(9-11-20)29(45)36-21(5-3-4-13-34-25(42)7-2-1-6-23-28-22(18-53-23)37-32(48)38-28)30(46)35-14-16-55-54-15-12-27(44)52-41-26(43)17-24(31(41)47)56(49,50)51/h8-11,21-25,28,34,42H,1-7,12-18H2,(H2,33,39)(H,35,46)(H,36,45)(H2,37,38,48)(H,49,50,51). The highest BCUT2D eigenvalue weighted by atomic mass is 33.1. The molecule has 6 unspecified atom stereocenters. The normalized spacial score (nSPS) is 21.8. The molecule has 6 amide bonds. The zero-order valence-corrected chi connectivity index (χ0v) is 33.6. The summed E-state index contributed by atoms with van der Waals surface area (Å²) in [7, 11) is -2.24. The van der Waals surface area contributed by atoms with Gasteiger partial charge in [-0.15, -0.1) is 10.2 Å². The van der Waals surface area contributed by atoms with Crippen LogP contribution in [0.5, 0.6) is 0 Å². The Bertz CT molecular complexity index is 1690. The molecule has 3 heterocycles. The lowest BCUT2D eigenvalue weighted by molar-refractivity contribution is -0.197. The van der Waals surface area contributed by atoms with Gasteiger partial charge in [0.05, 0.1) is 30.6 Å². The summed E-state index contributed by atoms with van der Waals surface area (Å²) in [5.74, 6) is 2.44. The first kappa shape index (κ1) is 45.0. The summed E-state index contributed by atoms with van der Waals surface area (Å²) >= 11 is 1.86. The third-order valence-electron chi connectivity index (χ3n) is 8.95. The molecule has 0 aromatic heterocycles. The molecule has 1 aromatic rings. The number of rotatable bonds is 24. The molecule has 20 nitrogen and oxygen atoms in total. The minimum Gasteiger partial charge on any atom is -0.379 e. The maximum absolute atomic E-state index is 13.2. The lowest BCUT2D eigenvalue weighted by atomic mass is 10.0. The molecule has 0 spiro atoms. The molecule has 0 aliphatic carbocycles. The predicted molar refractivity (Wildman–Crippen MR) is 209 cm³/mol. The second kappa shape index (κ2) is 22.3. The van der Waals surface area contributed by atoms with E-state index in [1.54, 1.807) is 12.1 Å². The fourth-order valence-electron chi connectivity index (χ4n) is 6.07. The predicted octanol–water partition coefficient (Wildman–Crippen LogP) is 0.908. The van der Waals surface area contributed by atoms with Crippen molar-refractivity contribution < 1.29 is 51.7 Å². The molecule has 0 radical (unpaired) electrons. The molecule has 56 heavy (non-hydrogen) atoms. The Balaban J connectivity index is 1.13. The Morgan fingerprint density at radius 3 is 2.48 bits per heavy atom. The van der Waals surface area contributed by atoms with E-state index in [1.165, 1.54) is 33.7 Å². The number of fused-ring (bicyclic) bond motifs is 1. The first-order valence-corrected chi connectivity index (χ1v) is 23.0. The van der Waals surface area contributed by atoms with E-state index in [0.29, 0.717) is 54.5 Å². The van der Waals surface area contributed by atoms with E-state index >= 15 is 0 Å². The zero-order valence-electron chi connectivity index (χ0n) is 30.3. The van der Waals surface area contributed by atoms with Gasteiger partial charge in [0.25, 0.3) is 27.8 Å². The molecule has 3 aliphatic heterocycles. The van der Waals surface area contributed by atoms with Crippen LogP contribution in [0.25, 0.3) is 0 Å². The van der Waals surface area contributed by atoms with Gasteiger partial charge in [-0.3, -0.25) is 29.0 Å². The first-order chi connectivity index (χ1) is 26.8. The number of unbranched alkanes of at least 4 members (excludes halogenated alkanes) is 2. The number of aliphatic hydroxyl groups is 1. The van der Waals surface area contributed by atoms with Crippen LogP contribution in [0.1, 0.15) is 68.1 Å². The Labute approximate surface area is 335 Å². The maximum atomic E-state index is 13.2. The number of hydrogen-bond acceptors (Lipinski definition) is 16. The molecule has 1 aromatic carbocycles. The number of urea groups is 1. The third-order valence-corrected chi connectivity index (χ3v) is 14.0. The Kier molecular flexibility index (Phi) is 17.9. The van der Waals surface area contributed by atoms with Crippen molar-refractivity contribution >= 4 is 84.8 Å². The van der Waals surface area contributed by atoms with Crippen molar-refractivity contribution in [1.82, 2.24) is 31.6 Å². The summed E-state index contributed by atoms with van der Waals surface area (Å²) in [6, 6.07) is 5.59. The SMILES string of the molecule is NN=Nc1ccc(C(=O)NC(CCCCNC(O)CCCCC2SCC3NC(=O)NC32)C(=O)NCCSSCCC(=O)ON2C(=O)CC(S(=O)(=O)O)C2=O)cc1. The molecular weight excluding hydrogens is 815 g/mol. The number of nitrogens with two attached hydrogens (primary N) is 1. The molecule has 3 aliphatic rings. The van der Waals surface area contributed by atoms with Gasteiger partial charge in [-0.25, -0.2) is 9.59 Å². The molecule has 0 bridgehead atoms. The van der Waals surface area contributed by atoms with Crippen LogP contribution in [-0.2, 0) is 34.1 Å². The summed E-state index contributed by atoms with van der Waals surface area (Å²) in [5, 5.41) is 30.4. The van der Waals surface area contributed by atoms with Crippen LogP contribution >= 0.6 is 33.3 Å². The van der Waals surface area contributed by atoms with Gasteiger partial charge in [-0.1, -0.05) is 33.2 Å². The van der Waals surface area contributed by atoms with Crippen molar-refractivity contribution in [2.75, 3.05) is 30.3 Å². The zero-order chi connectivity index (χ0) is 40.7. The molecule has 6 atom stereocenters. The second-order valence-electron chi connectivity index (χ2n) is 13.0. The Hall–Kier alpha value is -3.68.